The molecule has 1 saturated heterocycles. The van der Waals surface area contributed by atoms with Crippen molar-refractivity contribution in [2.24, 2.45) is 0 Å². The summed E-state index contributed by atoms with van der Waals surface area (Å²) in [6.07, 6.45) is 5.64. The van der Waals surface area contributed by atoms with Gasteiger partial charge in [0.05, 0.1) is 17.7 Å². The quantitative estimate of drug-likeness (QED) is 0.229. The van der Waals surface area contributed by atoms with Gasteiger partial charge >= 0.3 is 0 Å². The first kappa shape index (κ1) is 20.3. The molecule has 1 fully saturated rings. The molecule has 7 heteroatoms. The van der Waals surface area contributed by atoms with Crippen LogP contribution in [0.5, 0.6) is 0 Å². The summed E-state index contributed by atoms with van der Waals surface area (Å²) in [7, 11) is 0. The predicted molar refractivity (Wildman–Crippen MR) is 133 cm³/mol. The van der Waals surface area contributed by atoms with E-state index in [1.54, 1.807) is 11.2 Å². The van der Waals surface area contributed by atoms with Gasteiger partial charge in [-0.25, -0.2) is 0 Å². The number of thiocarbonyl (C=S) groups is 1. The van der Waals surface area contributed by atoms with Crippen LogP contribution in [0.4, 0.5) is 0 Å². The van der Waals surface area contributed by atoms with Gasteiger partial charge in [0.15, 0.2) is 0 Å². The number of benzene rings is 2. The molecule has 1 aliphatic heterocycles. The van der Waals surface area contributed by atoms with E-state index in [0.29, 0.717) is 21.5 Å². The smallest absolute Gasteiger partial charge is 0.266 e. The van der Waals surface area contributed by atoms with E-state index in [9.17, 15) is 4.79 Å². The second-order valence-corrected chi connectivity index (χ2v) is 9.80. The Morgan fingerprint density at radius 2 is 1.90 bits per heavy atom. The van der Waals surface area contributed by atoms with Crippen LogP contribution in [0.15, 0.2) is 86.9 Å². The van der Waals surface area contributed by atoms with E-state index in [0.717, 1.165) is 27.5 Å². The summed E-state index contributed by atoms with van der Waals surface area (Å²) in [5, 5.41) is 1.08. The minimum Gasteiger partial charge on any atom is -0.467 e. The number of rotatable bonds is 5. The Kier molecular flexibility index (Phi) is 5.56. The molecular weight excluding hydrogens is 492 g/mol. The Labute approximate surface area is 197 Å². The van der Waals surface area contributed by atoms with Crippen molar-refractivity contribution in [1.29, 1.82) is 0 Å². The Hall–Kier alpha value is -2.61. The summed E-state index contributed by atoms with van der Waals surface area (Å²) in [5.74, 6) is 0.617. The van der Waals surface area contributed by atoms with Gasteiger partial charge in [-0.2, -0.15) is 0 Å². The summed E-state index contributed by atoms with van der Waals surface area (Å²) >= 11 is 10.4. The lowest BCUT2D eigenvalue weighted by molar-refractivity contribution is -0.122. The van der Waals surface area contributed by atoms with Crippen LogP contribution in [-0.2, 0) is 17.9 Å². The molecule has 5 rings (SSSR count). The van der Waals surface area contributed by atoms with Crippen molar-refractivity contribution in [2.45, 2.75) is 13.1 Å². The third-order valence-electron chi connectivity index (χ3n) is 5.12. The highest BCUT2D eigenvalue weighted by Gasteiger charge is 2.32. The maximum Gasteiger partial charge on any atom is 0.266 e. The largest absolute Gasteiger partial charge is 0.467 e. The molecule has 4 aromatic rings. The first-order chi connectivity index (χ1) is 15.1. The lowest BCUT2D eigenvalue weighted by atomic mass is 10.1. The zero-order chi connectivity index (χ0) is 21.4. The maximum absolute atomic E-state index is 13.0. The highest BCUT2D eigenvalue weighted by molar-refractivity contribution is 9.10. The van der Waals surface area contributed by atoms with E-state index in [2.05, 4.69) is 51.0 Å². The molecule has 0 radical (unpaired) electrons. The molecule has 1 amide bonds. The van der Waals surface area contributed by atoms with Crippen LogP contribution in [0.2, 0.25) is 0 Å². The van der Waals surface area contributed by atoms with Gasteiger partial charge in [0.1, 0.15) is 10.1 Å². The molecule has 0 N–H and O–H groups in total. The summed E-state index contributed by atoms with van der Waals surface area (Å²) in [4.78, 5) is 15.2. The van der Waals surface area contributed by atoms with Gasteiger partial charge in [0, 0.05) is 33.7 Å². The predicted octanol–water partition coefficient (Wildman–Crippen LogP) is 6.45. The zero-order valence-corrected chi connectivity index (χ0v) is 19.5. The SMILES string of the molecule is O=C1/C(=C/c2cn(Cc3ccccc3)c3ccc(Br)cc23)SC(=S)N1Cc1ccco1. The fraction of sp³-hybridized carbons (Fsp3) is 0.0833. The van der Waals surface area contributed by atoms with Crippen molar-refractivity contribution < 1.29 is 9.21 Å². The summed E-state index contributed by atoms with van der Waals surface area (Å²) in [6.45, 7) is 1.10. The zero-order valence-electron chi connectivity index (χ0n) is 16.3. The monoisotopic (exact) mass is 508 g/mol. The highest BCUT2D eigenvalue weighted by atomic mass is 79.9. The number of fused-ring (bicyclic) bond motifs is 1. The Balaban J connectivity index is 1.51. The first-order valence-corrected chi connectivity index (χ1v) is 11.7. The maximum atomic E-state index is 13.0. The molecular formula is C24H17BrN2O2S2. The third-order valence-corrected chi connectivity index (χ3v) is 6.99. The number of hydrogen-bond acceptors (Lipinski definition) is 4. The number of carbonyl (C=O) groups excluding carboxylic acids is 1. The second-order valence-electron chi connectivity index (χ2n) is 7.21. The third kappa shape index (κ3) is 4.13. The van der Waals surface area contributed by atoms with Gasteiger partial charge in [-0.1, -0.05) is 70.2 Å². The second kappa shape index (κ2) is 8.49. The minimum absolute atomic E-state index is 0.0923. The van der Waals surface area contributed by atoms with Gasteiger partial charge in [0.25, 0.3) is 5.91 Å². The van der Waals surface area contributed by atoms with E-state index in [4.69, 9.17) is 16.6 Å². The molecule has 4 nitrogen and oxygen atoms in total. The molecule has 2 aromatic heterocycles. The lowest BCUT2D eigenvalue weighted by Gasteiger charge is -2.11. The van der Waals surface area contributed by atoms with Crippen molar-refractivity contribution in [3.8, 4) is 0 Å². The van der Waals surface area contributed by atoms with Crippen LogP contribution in [-0.4, -0.2) is 19.7 Å². The van der Waals surface area contributed by atoms with Gasteiger partial charge in [-0.3, -0.25) is 9.69 Å². The Bertz CT molecular complexity index is 1310. The van der Waals surface area contributed by atoms with Crippen molar-refractivity contribution in [2.75, 3.05) is 0 Å². The van der Waals surface area contributed by atoms with E-state index < -0.39 is 0 Å². The molecule has 0 atom stereocenters. The molecule has 1 aliphatic rings. The lowest BCUT2D eigenvalue weighted by Crippen LogP contribution is -2.27. The van der Waals surface area contributed by atoms with Crippen molar-refractivity contribution in [3.63, 3.8) is 0 Å². The number of halogens is 1. The van der Waals surface area contributed by atoms with Crippen LogP contribution >= 0.6 is 39.9 Å². The van der Waals surface area contributed by atoms with Gasteiger partial charge in [-0.05, 0) is 42.0 Å². The van der Waals surface area contributed by atoms with Crippen molar-refractivity contribution in [3.05, 3.63) is 99.4 Å². The Morgan fingerprint density at radius 3 is 2.68 bits per heavy atom. The number of furan rings is 1. The molecule has 31 heavy (non-hydrogen) atoms. The van der Waals surface area contributed by atoms with E-state index in [-0.39, 0.29) is 5.91 Å². The van der Waals surface area contributed by atoms with Crippen molar-refractivity contribution >= 4 is 67.1 Å². The van der Waals surface area contributed by atoms with Crippen LogP contribution in [0.3, 0.4) is 0 Å². The number of aromatic nitrogens is 1. The number of hydrogen-bond donors (Lipinski definition) is 0. The summed E-state index contributed by atoms with van der Waals surface area (Å²) < 4.78 is 9.14. The van der Waals surface area contributed by atoms with Crippen LogP contribution in [0.1, 0.15) is 16.9 Å². The molecule has 0 aliphatic carbocycles. The molecule has 0 unspecified atom stereocenters. The fourth-order valence-corrected chi connectivity index (χ4v) is 5.27. The Morgan fingerprint density at radius 1 is 1.06 bits per heavy atom. The average Bonchev–Trinajstić information content (AvgIpc) is 3.46. The summed E-state index contributed by atoms with van der Waals surface area (Å²) in [5.41, 5.74) is 3.33. The molecule has 0 saturated carbocycles. The van der Waals surface area contributed by atoms with Crippen molar-refractivity contribution in [1.82, 2.24) is 9.47 Å². The molecule has 2 aromatic carbocycles. The van der Waals surface area contributed by atoms with E-state index in [1.807, 2.05) is 42.5 Å². The highest BCUT2D eigenvalue weighted by Crippen LogP contribution is 2.36. The van der Waals surface area contributed by atoms with Gasteiger partial charge < -0.3 is 8.98 Å². The molecule has 0 spiro atoms. The molecule has 3 heterocycles. The van der Waals surface area contributed by atoms with E-state index >= 15 is 0 Å². The normalized spacial score (nSPS) is 15.5. The topological polar surface area (TPSA) is 38.4 Å². The fourth-order valence-electron chi connectivity index (χ4n) is 3.66. The average molecular weight is 509 g/mol. The number of carbonyl (C=O) groups is 1. The first-order valence-electron chi connectivity index (χ1n) is 9.68. The minimum atomic E-state index is -0.0923. The number of amides is 1. The standard InChI is InChI=1S/C24H17BrN2O2S2/c25-18-8-9-21-20(12-18)17(14-26(21)13-16-5-2-1-3-6-16)11-22-23(28)27(24(30)31-22)15-19-7-4-10-29-19/h1-12,14H,13,15H2/b22-11-. The van der Waals surface area contributed by atoms with Gasteiger partial charge in [-0.15, -0.1) is 0 Å². The van der Waals surface area contributed by atoms with Gasteiger partial charge in [0.2, 0.25) is 0 Å². The van der Waals surface area contributed by atoms with Crippen LogP contribution in [0, 0.1) is 0 Å². The molecule has 154 valence electrons. The van der Waals surface area contributed by atoms with E-state index in [1.165, 1.54) is 17.3 Å². The molecule has 0 bridgehead atoms. The van der Waals surface area contributed by atoms with Crippen LogP contribution < -0.4 is 0 Å². The number of nitrogens with zero attached hydrogens (tertiary/aromatic N) is 2. The number of thioether (sulfide) groups is 1. The summed E-state index contributed by atoms with van der Waals surface area (Å²) in [6, 6.07) is 20.2. The van der Waals surface area contributed by atoms with Crippen LogP contribution in [0.25, 0.3) is 17.0 Å².